The van der Waals surface area contributed by atoms with Crippen molar-refractivity contribution in [1.82, 2.24) is 4.90 Å². The van der Waals surface area contributed by atoms with Crippen LogP contribution in [0.5, 0.6) is 5.75 Å². The zero-order chi connectivity index (χ0) is 15.4. The van der Waals surface area contributed by atoms with Gasteiger partial charge in [-0.25, -0.2) is 0 Å². The van der Waals surface area contributed by atoms with Gasteiger partial charge >= 0.3 is 0 Å². The molecule has 0 bridgehead atoms. The zero-order valence-electron chi connectivity index (χ0n) is 12.5. The highest BCUT2D eigenvalue weighted by Crippen LogP contribution is 2.28. The third kappa shape index (κ3) is 2.99. The minimum absolute atomic E-state index is 0.0377. The first-order valence-corrected chi connectivity index (χ1v) is 6.80. The highest BCUT2D eigenvalue weighted by molar-refractivity contribution is 6.00. The molecule has 21 heavy (non-hydrogen) atoms. The molecule has 0 saturated heterocycles. The number of benzene rings is 2. The summed E-state index contributed by atoms with van der Waals surface area (Å²) >= 11 is 0. The van der Waals surface area contributed by atoms with Crippen LogP contribution < -0.4 is 10.5 Å². The van der Waals surface area contributed by atoms with E-state index in [4.69, 9.17) is 10.5 Å². The summed E-state index contributed by atoms with van der Waals surface area (Å²) in [6, 6.07) is 15.1. The fraction of sp³-hybridized carbons (Fsp3) is 0.235. The Kier molecular flexibility index (Phi) is 4.48. The quantitative estimate of drug-likeness (QED) is 0.878. The Morgan fingerprint density at radius 1 is 1.14 bits per heavy atom. The van der Waals surface area contributed by atoms with Crippen LogP contribution in [-0.2, 0) is 0 Å². The Morgan fingerprint density at radius 3 is 2.43 bits per heavy atom. The lowest BCUT2D eigenvalue weighted by Gasteiger charge is -2.26. The lowest BCUT2D eigenvalue weighted by atomic mass is 10.1. The monoisotopic (exact) mass is 284 g/mol. The maximum absolute atomic E-state index is 12.6. The lowest BCUT2D eigenvalue weighted by Crippen LogP contribution is -2.30. The second-order valence-electron chi connectivity index (χ2n) is 4.92. The maximum atomic E-state index is 12.6. The summed E-state index contributed by atoms with van der Waals surface area (Å²) in [4.78, 5) is 14.3. The Morgan fingerprint density at radius 2 is 1.81 bits per heavy atom. The first-order chi connectivity index (χ1) is 10.1. The fourth-order valence-electron chi connectivity index (χ4n) is 2.23. The molecule has 4 nitrogen and oxygen atoms in total. The second-order valence-corrected chi connectivity index (χ2v) is 4.92. The lowest BCUT2D eigenvalue weighted by molar-refractivity contribution is 0.0743. The summed E-state index contributed by atoms with van der Waals surface area (Å²) in [5, 5.41) is 0. The van der Waals surface area contributed by atoms with Gasteiger partial charge in [-0.1, -0.05) is 36.4 Å². The summed E-state index contributed by atoms with van der Waals surface area (Å²) in [6.07, 6.45) is 0. The number of methoxy groups -OCH3 is 1. The largest absolute Gasteiger partial charge is 0.495 e. The molecule has 0 heterocycles. The van der Waals surface area contributed by atoms with Gasteiger partial charge in [0.1, 0.15) is 5.75 Å². The number of hydrogen-bond donors (Lipinski definition) is 1. The van der Waals surface area contributed by atoms with E-state index >= 15 is 0 Å². The van der Waals surface area contributed by atoms with Crippen LogP contribution in [-0.4, -0.2) is 25.0 Å². The van der Waals surface area contributed by atoms with Crippen molar-refractivity contribution < 1.29 is 9.53 Å². The molecular weight excluding hydrogens is 264 g/mol. The molecule has 0 aliphatic carbocycles. The average Bonchev–Trinajstić information content (AvgIpc) is 2.54. The van der Waals surface area contributed by atoms with Crippen molar-refractivity contribution in [2.24, 2.45) is 0 Å². The number of carbonyl (C=O) groups excluding carboxylic acids is 1. The van der Waals surface area contributed by atoms with E-state index in [1.54, 1.807) is 30.1 Å². The van der Waals surface area contributed by atoms with Crippen molar-refractivity contribution in [1.29, 1.82) is 0 Å². The van der Waals surface area contributed by atoms with E-state index in [-0.39, 0.29) is 11.9 Å². The standard InChI is InChI=1S/C17H20N2O2/c1-12(13-8-5-4-6-9-13)19(2)17(20)14-10-7-11-15(21-3)16(14)18/h4-12H,18H2,1-3H3. The minimum Gasteiger partial charge on any atom is -0.495 e. The number of amides is 1. The molecule has 0 saturated carbocycles. The van der Waals surface area contributed by atoms with E-state index in [0.29, 0.717) is 17.0 Å². The summed E-state index contributed by atoms with van der Waals surface area (Å²) in [7, 11) is 3.31. The zero-order valence-corrected chi connectivity index (χ0v) is 12.5. The third-order valence-electron chi connectivity index (χ3n) is 3.70. The second kappa shape index (κ2) is 6.31. The van der Waals surface area contributed by atoms with E-state index in [0.717, 1.165) is 5.56 Å². The molecule has 0 aromatic heterocycles. The number of nitrogens with zero attached hydrogens (tertiary/aromatic N) is 1. The highest BCUT2D eigenvalue weighted by Gasteiger charge is 2.21. The van der Waals surface area contributed by atoms with Crippen LogP contribution in [0.3, 0.4) is 0 Å². The fourth-order valence-corrected chi connectivity index (χ4v) is 2.23. The number of hydrogen-bond acceptors (Lipinski definition) is 3. The van der Waals surface area contributed by atoms with Gasteiger partial charge in [0.15, 0.2) is 0 Å². The molecule has 4 heteroatoms. The van der Waals surface area contributed by atoms with E-state index in [9.17, 15) is 4.79 Å². The topological polar surface area (TPSA) is 55.6 Å². The Hall–Kier alpha value is -2.49. The van der Waals surface area contributed by atoms with Crippen LogP contribution in [0.2, 0.25) is 0 Å². The molecule has 1 unspecified atom stereocenters. The van der Waals surface area contributed by atoms with Crippen molar-refractivity contribution in [3.63, 3.8) is 0 Å². The number of ether oxygens (including phenoxy) is 1. The number of anilines is 1. The van der Waals surface area contributed by atoms with Crippen molar-refractivity contribution in [2.75, 3.05) is 19.9 Å². The number of rotatable bonds is 4. The van der Waals surface area contributed by atoms with Crippen molar-refractivity contribution in [3.05, 3.63) is 59.7 Å². The minimum atomic E-state index is -0.122. The van der Waals surface area contributed by atoms with Gasteiger partial charge in [-0.3, -0.25) is 4.79 Å². The van der Waals surface area contributed by atoms with Crippen LogP contribution in [0.4, 0.5) is 5.69 Å². The molecule has 1 atom stereocenters. The molecule has 0 aliphatic heterocycles. The number of nitrogen functional groups attached to an aromatic ring is 1. The van der Waals surface area contributed by atoms with Gasteiger partial charge in [0.2, 0.25) is 0 Å². The third-order valence-corrected chi connectivity index (χ3v) is 3.70. The van der Waals surface area contributed by atoms with Crippen molar-refractivity contribution >= 4 is 11.6 Å². The molecule has 110 valence electrons. The molecule has 2 N–H and O–H groups in total. The van der Waals surface area contributed by atoms with Gasteiger partial charge in [0.25, 0.3) is 5.91 Å². The number of carbonyl (C=O) groups is 1. The SMILES string of the molecule is COc1cccc(C(=O)N(C)C(C)c2ccccc2)c1N. The molecule has 0 fully saturated rings. The maximum Gasteiger partial charge on any atom is 0.256 e. The summed E-state index contributed by atoms with van der Waals surface area (Å²) < 4.78 is 5.16. The van der Waals surface area contributed by atoms with Gasteiger partial charge in [-0.2, -0.15) is 0 Å². The van der Waals surface area contributed by atoms with E-state index in [1.807, 2.05) is 37.3 Å². The average molecular weight is 284 g/mol. The summed E-state index contributed by atoms with van der Waals surface area (Å²) in [5.74, 6) is 0.393. The first-order valence-electron chi connectivity index (χ1n) is 6.80. The van der Waals surface area contributed by atoms with Crippen LogP contribution in [0.1, 0.15) is 28.9 Å². The van der Waals surface area contributed by atoms with E-state index in [2.05, 4.69) is 0 Å². The van der Waals surface area contributed by atoms with Crippen LogP contribution in [0.15, 0.2) is 48.5 Å². The van der Waals surface area contributed by atoms with Gasteiger partial charge < -0.3 is 15.4 Å². The van der Waals surface area contributed by atoms with Crippen LogP contribution >= 0.6 is 0 Å². The Balaban J connectivity index is 2.28. The predicted molar refractivity (Wildman–Crippen MR) is 84.4 cm³/mol. The smallest absolute Gasteiger partial charge is 0.256 e. The van der Waals surface area contributed by atoms with Crippen LogP contribution in [0, 0.1) is 0 Å². The van der Waals surface area contributed by atoms with Crippen molar-refractivity contribution in [2.45, 2.75) is 13.0 Å². The van der Waals surface area contributed by atoms with Crippen LogP contribution in [0.25, 0.3) is 0 Å². The molecule has 2 rings (SSSR count). The van der Waals surface area contributed by atoms with Crippen molar-refractivity contribution in [3.8, 4) is 5.75 Å². The number of para-hydroxylation sites is 1. The number of nitrogens with two attached hydrogens (primary N) is 1. The van der Waals surface area contributed by atoms with E-state index < -0.39 is 0 Å². The van der Waals surface area contributed by atoms with Gasteiger partial charge in [0.05, 0.1) is 24.4 Å². The Labute approximate surface area is 125 Å². The first kappa shape index (κ1) is 14.9. The molecule has 2 aromatic carbocycles. The summed E-state index contributed by atoms with van der Waals surface area (Å²) in [5.41, 5.74) is 7.91. The molecule has 0 spiro atoms. The Bertz CT molecular complexity index is 626. The van der Waals surface area contributed by atoms with Gasteiger partial charge in [-0.05, 0) is 24.6 Å². The highest BCUT2D eigenvalue weighted by atomic mass is 16.5. The van der Waals surface area contributed by atoms with E-state index in [1.165, 1.54) is 7.11 Å². The molecular formula is C17H20N2O2. The molecule has 1 amide bonds. The van der Waals surface area contributed by atoms with Gasteiger partial charge in [0, 0.05) is 7.05 Å². The predicted octanol–water partition coefficient (Wildman–Crippen LogP) is 3.11. The summed E-state index contributed by atoms with van der Waals surface area (Å²) in [6.45, 7) is 1.99. The molecule has 0 radical (unpaired) electrons. The molecule has 0 aliphatic rings. The normalized spacial score (nSPS) is 11.8. The van der Waals surface area contributed by atoms with Gasteiger partial charge in [-0.15, -0.1) is 0 Å². The molecule has 2 aromatic rings.